The first-order chi connectivity index (χ1) is 23.9. The molecule has 0 rings (SSSR count). The van der Waals surface area contributed by atoms with Crippen molar-refractivity contribution in [1.82, 2.24) is 0 Å². The average molecular weight is 694 g/mol. The van der Waals surface area contributed by atoms with Crippen LogP contribution in [0.5, 0.6) is 0 Å². The van der Waals surface area contributed by atoms with Crippen molar-refractivity contribution >= 4 is 6.21 Å². The van der Waals surface area contributed by atoms with Crippen LogP contribution in [-0.4, -0.2) is 38.2 Å². The number of rotatable bonds is 41. The highest BCUT2D eigenvalue weighted by Gasteiger charge is 2.18. The Bertz CT molecular complexity index is 619. The maximum Gasteiger partial charge on any atom is 0.127 e. The van der Waals surface area contributed by atoms with Crippen molar-refractivity contribution < 1.29 is 14.3 Å². The quantitative estimate of drug-likeness (QED) is 0.0363. The van der Waals surface area contributed by atoms with E-state index in [9.17, 15) is 0 Å². The van der Waals surface area contributed by atoms with Crippen molar-refractivity contribution in [3.63, 3.8) is 0 Å². The van der Waals surface area contributed by atoms with Crippen LogP contribution in [0, 0.1) is 5.92 Å². The molecule has 0 radical (unpaired) electrons. The first-order valence-corrected chi connectivity index (χ1v) is 22.3. The minimum Gasteiger partial charge on any atom is -0.393 e. The molecule has 0 heterocycles. The Kier molecular flexibility index (Phi) is 38.1. The molecule has 1 atom stereocenters. The fourth-order valence-electron chi connectivity index (χ4n) is 6.95. The summed E-state index contributed by atoms with van der Waals surface area (Å²) in [6, 6.07) is 0. The standard InChI is InChI=1S/C45H91NO3/c1-7-9-11-13-15-17-19-21-23-25-27-29-31-33-36-44(37-34-32-30-28-26-24-22-20-18-16-14-12-10-8-2)49-46-40-35-39-45(4,5)48-41-38-43(3)42-47-6/h40,43-44H,7-39,41-42H2,1-6H3/b46-40+. The molecular formula is C45H91NO3. The molecule has 0 amide bonds. The predicted octanol–water partition coefficient (Wildman–Crippen LogP) is 15.3. The lowest BCUT2D eigenvalue weighted by atomic mass is 10.0. The predicted molar refractivity (Wildman–Crippen MR) is 218 cm³/mol. The van der Waals surface area contributed by atoms with E-state index < -0.39 is 0 Å². The molecule has 0 fully saturated rings. The highest BCUT2D eigenvalue weighted by molar-refractivity contribution is 5.56. The lowest BCUT2D eigenvalue weighted by Crippen LogP contribution is -2.26. The first kappa shape index (κ1) is 48.4. The Hall–Kier alpha value is -0.610. The van der Waals surface area contributed by atoms with Gasteiger partial charge in [-0.15, -0.1) is 0 Å². The zero-order chi connectivity index (χ0) is 35.9. The lowest BCUT2D eigenvalue weighted by Gasteiger charge is -2.25. The van der Waals surface area contributed by atoms with Crippen molar-refractivity contribution in [3.8, 4) is 0 Å². The van der Waals surface area contributed by atoms with Crippen LogP contribution in [0.4, 0.5) is 0 Å². The molecule has 49 heavy (non-hydrogen) atoms. The molecule has 0 spiro atoms. The average Bonchev–Trinajstić information content (AvgIpc) is 3.08. The molecule has 0 bridgehead atoms. The van der Waals surface area contributed by atoms with Crippen LogP contribution in [0.25, 0.3) is 0 Å². The van der Waals surface area contributed by atoms with Gasteiger partial charge in [0.05, 0.1) is 5.60 Å². The number of nitrogens with zero attached hydrogens (tertiary/aromatic N) is 1. The van der Waals surface area contributed by atoms with Gasteiger partial charge in [0, 0.05) is 26.5 Å². The van der Waals surface area contributed by atoms with Crippen LogP contribution in [0.15, 0.2) is 5.16 Å². The monoisotopic (exact) mass is 694 g/mol. The van der Waals surface area contributed by atoms with Crippen LogP contribution >= 0.6 is 0 Å². The molecule has 0 aromatic carbocycles. The van der Waals surface area contributed by atoms with Crippen molar-refractivity contribution in [1.29, 1.82) is 0 Å². The Labute approximate surface area is 309 Å². The zero-order valence-corrected chi connectivity index (χ0v) is 34.7. The third kappa shape index (κ3) is 38.5. The van der Waals surface area contributed by atoms with Gasteiger partial charge in [-0.2, -0.15) is 0 Å². The molecule has 0 saturated heterocycles. The van der Waals surface area contributed by atoms with E-state index in [0.29, 0.717) is 5.92 Å². The van der Waals surface area contributed by atoms with Gasteiger partial charge in [-0.05, 0) is 64.7 Å². The second-order valence-electron chi connectivity index (χ2n) is 16.3. The van der Waals surface area contributed by atoms with E-state index in [-0.39, 0.29) is 11.7 Å². The van der Waals surface area contributed by atoms with Gasteiger partial charge in [0.2, 0.25) is 0 Å². The highest BCUT2D eigenvalue weighted by atomic mass is 16.6. The van der Waals surface area contributed by atoms with Gasteiger partial charge in [0.1, 0.15) is 6.10 Å². The summed E-state index contributed by atoms with van der Waals surface area (Å²) in [5.74, 6) is 0.534. The lowest BCUT2D eigenvalue weighted by molar-refractivity contribution is -0.0299. The van der Waals surface area contributed by atoms with Crippen LogP contribution in [-0.2, 0) is 14.3 Å². The molecule has 0 aromatic heterocycles. The summed E-state index contributed by atoms with van der Waals surface area (Å²) >= 11 is 0. The van der Waals surface area contributed by atoms with Crippen molar-refractivity contribution in [2.24, 2.45) is 11.1 Å². The third-order valence-corrected chi connectivity index (χ3v) is 10.5. The van der Waals surface area contributed by atoms with Crippen LogP contribution in [0.1, 0.15) is 247 Å². The Morgan fingerprint density at radius 3 is 1.27 bits per heavy atom. The number of methoxy groups -OCH3 is 1. The van der Waals surface area contributed by atoms with Gasteiger partial charge >= 0.3 is 0 Å². The van der Waals surface area contributed by atoms with Crippen LogP contribution in [0.3, 0.4) is 0 Å². The van der Waals surface area contributed by atoms with E-state index in [2.05, 4.69) is 39.8 Å². The number of hydrogen-bond acceptors (Lipinski definition) is 4. The minimum absolute atomic E-state index is 0.138. The van der Waals surface area contributed by atoms with Gasteiger partial charge in [-0.1, -0.05) is 193 Å². The molecule has 4 nitrogen and oxygen atoms in total. The summed E-state index contributed by atoms with van der Waals surface area (Å²) in [5, 5.41) is 4.48. The number of hydrogen-bond donors (Lipinski definition) is 0. The molecule has 4 heteroatoms. The van der Waals surface area contributed by atoms with Crippen LogP contribution in [0.2, 0.25) is 0 Å². The highest BCUT2D eigenvalue weighted by Crippen LogP contribution is 2.20. The van der Waals surface area contributed by atoms with Crippen LogP contribution < -0.4 is 0 Å². The number of unbranched alkanes of at least 4 members (excludes halogenated alkanes) is 26. The number of oxime groups is 1. The van der Waals surface area contributed by atoms with E-state index in [4.69, 9.17) is 14.3 Å². The Morgan fingerprint density at radius 1 is 0.531 bits per heavy atom. The maximum atomic E-state index is 6.18. The van der Waals surface area contributed by atoms with E-state index in [0.717, 1.165) is 45.3 Å². The smallest absolute Gasteiger partial charge is 0.127 e. The summed E-state index contributed by atoms with van der Waals surface area (Å²) < 4.78 is 11.4. The van der Waals surface area contributed by atoms with E-state index in [1.807, 2.05) is 6.21 Å². The molecular weight excluding hydrogens is 602 g/mol. The van der Waals surface area contributed by atoms with Gasteiger partial charge in [0.15, 0.2) is 0 Å². The molecule has 0 N–H and O–H groups in total. The molecule has 0 aliphatic heterocycles. The molecule has 0 aliphatic carbocycles. The SMILES string of the molecule is CCCCCCCCCCCCCCCCC(CCCCCCCCCCCCCCCC)O/N=C/CCC(C)(C)OCCC(C)COC. The van der Waals surface area contributed by atoms with Gasteiger partial charge < -0.3 is 14.3 Å². The third-order valence-electron chi connectivity index (χ3n) is 10.5. The van der Waals surface area contributed by atoms with Crippen molar-refractivity contribution in [2.75, 3.05) is 20.3 Å². The van der Waals surface area contributed by atoms with Gasteiger partial charge in [0.25, 0.3) is 0 Å². The molecule has 1 unspecified atom stereocenters. The minimum atomic E-state index is -0.138. The Balaban J connectivity index is 4.21. The number of ether oxygens (including phenoxy) is 2. The summed E-state index contributed by atoms with van der Waals surface area (Å²) in [6.07, 6.45) is 46.9. The fourth-order valence-corrected chi connectivity index (χ4v) is 6.95. The van der Waals surface area contributed by atoms with E-state index in [1.54, 1.807) is 7.11 Å². The van der Waals surface area contributed by atoms with Gasteiger partial charge in [-0.25, -0.2) is 0 Å². The topological polar surface area (TPSA) is 40.0 Å². The largest absolute Gasteiger partial charge is 0.393 e. The second kappa shape index (κ2) is 38.6. The molecule has 0 saturated carbocycles. The van der Waals surface area contributed by atoms with Crippen molar-refractivity contribution in [3.05, 3.63) is 0 Å². The maximum absolute atomic E-state index is 6.18. The van der Waals surface area contributed by atoms with Gasteiger partial charge in [-0.3, -0.25) is 0 Å². The van der Waals surface area contributed by atoms with Crippen molar-refractivity contribution in [2.45, 2.75) is 258 Å². The summed E-state index contributed by atoms with van der Waals surface area (Å²) in [5.41, 5.74) is -0.138. The summed E-state index contributed by atoms with van der Waals surface area (Å²) in [7, 11) is 1.77. The normalized spacial score (nSPS) is 12.9. The Morgan fingerprint density at radius 2 is 0.898 bits per heavy atom. The van der Waals surface area contributed by atoms with E-state index >= 15 is 0 Å². The first-order valence-electron chi connectivity index (χ1n) is 22.3. The zero-order valence-electron chi connectivity index (χ0n) is 34.7. The summed E-state index contributed by atoms with van der Waals surface area (Å²) in [4.78, 5) is 6.14. The molecule has 0 aromatic rings. The summed E-state index contributed by atoms with van der Waals surface area (Å²) in [6.45, 7) is 12.8. The second-order valence-corrected chi connectivity index (χ2v) is 16.3. The molecule has 0 aliphatic rings. The van der Waals surface area contributed by atoms with E-state index in [1.165, 1.54) is 180 Å². The molecule has 294 valence electrons. The fraction of sp³-hybridized carbons (Fsp3) is 0.978.